The molecule has 0 bridgehead atoms. The lowest BCUT2D eigenvalue weighted by molar-refractivity contribution is 0.0916. The summed E-state index contributed by atoms with van der Waals surface area (Å²) in [6, 6.07) is 23.8. The van der Waals surface area contributed by atoms with Gasteiger partial charge in [-0.25, -0.2) is 8.42 Å². The molecule has 3 aromatic carbocycles. The Hall–Kier alpha value is -3.75. The van der Waals surface area contributed by atoms with Crippen molar-refractivity contribution in [2.45, 2.75) is 17.4 Å². The molecule has 1 amide bonds. The molecule has 0 saturated heterocycles. The van der Waals surface area contributed by atoms with Crippen molar-refractivity contribution < 1.29 is 18.3 Å². The predicted molar refractivity (Wildman–Crippen MR) is 127 cm³/mol. The second kappa shape index (κ2) is 9.81. The third-order valence-corrected chi connectivity index (χ3v) is 6.56. The van der Waals surface area contributed by atoms with Crippen LogP contribution >= 0.6 is 0 Å². The highest BCUT2D eigenvalue weighted by atomic mass is 32.2. The van der Waals surface area contributed by atoms with Crippen molar-refractivity contribution in [1.29, 1.82) is 0 Å². The van der Waals surface area contributed by atoms with E-state index in [4.69, 9.17) is 0 Å². The Morgan fingerprint density at radius 3 is 2.48 bits per heavy atom. The molecule has 0 saturated carbocycles. The molecule has 0 fully saturated rings. The lowest BCUT2D eigenvalue weighted by Crippen LogP contribution is -2.39. The van der Waals surface area contributed by atoms with E-state index >= 15 is 0 Å². The van der Waals surface area contributed by atoms with Gasteiger partial charge in [-0.2, -0.15) is 0 Å². The third-order valence-electron chi connectivity index (χ3n) is 5.14. The molecule has 1 atom stereocenters. The molecule has 1 unspecified atom stereocenters. The van der Waals surface area contributed by atoms with Crippen LogP contribution in [0.4, 0.5) is 5.69 Å². The number of para-hydroxylation sites is 1. The molecule has 1 aromatic heterocycles. The molecule has 8 heteroatoms. The highest BCUT2D eigenvalue weighted by Crippen LogP contribution is 2.23. The highest BCUT2D eigenvalue weighted by molar-refractivity contribution is 7.93. The van der Waals surface area contributed by atoms with Crippen molar-refractivity contribution in [2.75, 3.05) is 11.3 Å². The standard InChI is InChI=1S/C25H23N3O4S/c29-17-22(15-18-7-2-1-3-8-18)27-25(30)20-10-4-12-21(16-20)28-33(31,32)23-13-5-9-19-11-6-14-26-24(19)23/h1-14,16,22,28-29H,15,17H2,(H,27,30). The van der Waals surface area contributed by atoms with Crippen LogP contribution in [0.3, 0.4) is 0 Å². The Labute approximate surface area is 192 Å². The Bertz CT molecular complexity index is 1370. The van der Waals surface area contributed by atoms with E-state index in [1.807, 2.05) is 30.3 Å². The van der Waals surface area contributed by atoms with E-state index in [-0.39, 0.29) is 22.8 Å². The number of rotatable bonds is 8. The van der Waals surface area contributed by atoms with Crippen LogP contribution in [0.2, 0.25) is 0 Å². The number of aromatic nitrogens is 1. The van der Waals surface area contributed by atoms with Gasteiger partial charge < -0.3 is 10.4 Å². The van der Waals surface area contributed by atoms with Crippen LogP contribution in [-0.2, 0) is 16.4 Å². The third kappa shape index (κ3) is 5.36. The molecule has 0 radical (unpaired) electrons. The number of aliphatic hydroxyl groups excluding tert-OH is 1. The summed E-state index contributed by atoms with van der Waals surface area (Å²) in [7, 11) is -3.94. The van der Waals surface area contributed by atoms with Gasteiger partial charge in [0.05, 0.1) is 18.2 Å². The largest absolute Gasteiger partial charge is 0.394 e. The molecule has 0 aliphatic carbocycles. The van der Waals surface area contributed by atoms with Crippen LogP contribution in [0.15, 0.2) is 96.0 Å². The summed E-state index contributed by atoms with van der Waals surface area (Å²) >= 11 is 0. The Morgan fingerprint density at radius 2 is 1.70 bits per heavy atom. The van der Waals surface area contributed by atoms with Crippen molar-refractivity contribution in [3.8, 4) is 0 Å². The summed E-state index contributed by atoms with van der Waals surface area (Å²) in [5.41, 5.74) is 1.88. The summed E-state index contributed by atoms with van der Waals surface area (Å²) in [6.45, 7) is -0.221. The molecular formula is C25H23N3O4S. The van der Waals surface area contributed by atoms with Crippen LogP contribution in [0.25, 0.3) is 10.9 Å². The average molecular weight is 462 g/mol. The molecule has 3 N–H and O–H groups in total. The fourth-order valence-corrected chi connectivity index (χ4v) is 4.79. The lowest BCUT2D eigenvalue weighted by atomic mass is 10.1. The number of amides is 1. The van der Waals surface area contributed by atoms with E-state index in [2.05, 4.69) is 15.0 Å². The number of sulfonamides is 1. The molecule has 4 rings (SSSR count). The minimum Gasteiger partial charge on any atom is -0.394 e. The van der Waals surface area contributed by atoms with Crippen molar-refractivity contribution in [3.05, 3.63) is 102 Å². The monoisotopic (exact) mass is 461 g/mol. The van der Waals surface area contributed by atoms with Gasteiger partial charge in [0.1, 0.15) is 4.90 Å². The quantitative estimate of drug-likeness (QED) is 0.373. The van der Waals surface area contributed by atoms with Crippen LogP contribution in [0, 0.1) is 0 Å². The first-order valence-electron chi connectivity index (χ1n) is 10.4. The van der Waals surface area contributed by atoms with Crippen molar-refractivity contribution >= 4 is 32.5 Å². The highest BCUT2D eigenvalue weighted by Gasteiger charge is 2.19. The molecule has 7 nitrogen and oxygen atoms in total. The van der Waals surface area contributed by atoms with Gasteiger partial charge in [0.25, 0.3) is 15.9 Å². The zero-order chi connectivity index (χ0) is 23.3. The number of benzene rings is 3. The smallest absolute Gasteiger partial charge is 0.264 e. The summed E-state index contributed by atoms with van der Waals surface area (Å²) < 4.78 is 28.6. The first-order valence-corrected chi connectivity index (χ1v) is 11.9. The first-order chi connectivity index (χ1) is 16.0. The fourth-order valence-electron chi connectivity index (χ4n) is 3.56. The molecule has 0 aliphatic heterocycles. The normalized spacial score (nSPS) is 12.3. The maximum Gasteiger partial charge on any atom is 0.264 e. The van der Waals surface area contributed by atoms with E-state index in [0.29, 0.717) is 17.3 Å². The number of carbonyl (C=O) groups excluding carboxylic acids is 1. The minimum atomic E-state index is -3.94. The molecule has 4 aromatic rings. The average Bonchev–Trinajstić information content (AvgIpc) is 2.83. The van der Waals surface area contributed by atoms with Gasteiger partial charge in [0.2, 0.25) is 0 Å². The van der Waals surface area contributed by atoms with Gasteiger partial charge in [-0.15, -0.1) is 0 Å². The summed E-state index contributed by atoms with van der Waals surface area (Å²) in [5.74, 6) is -0.405. The summed E-state index contributed by atoms with van der Waals surface area (Å²) in [5, 5.41) is 13.2. The van der Waals surface area contributed by atoms with E-state index in [1.165, 1.54) is 12.1 Å². The van der Waals surface area contributed by atoms with Gasteiger partial charge in [-0.05, 0) is 42.3 Å². The van der Waals surface area contributed by atoms with Gasteiger partial charge >= 0.3 is 0 Å². The van der Waals surface area contributed by atoms with E-state index < -0.39 is 22.0 Å². The molecule has 1 heterocycles. The Kier molecular flexibility index (Phi) is 6.67. The van der Waals surface area contributed by atoms with E-state index in [0.717, 1.165) is 5.56 Å². The van der Waals surface area contributed by atoms with Crippen LogP contribution < -0.4 is 10.0 Å². The van der Waals surface area contributed by atoms with E-state index in [9.17, 15) is 18.3 Å². The molecule has 0 aliphatic rings. The second-order valence-electron chi connectivity index (χ2n) is 7.56. The van der Waals surface area contributed by atoms with Crippen LogP contribution in [0.5, 0.6) is 0 Å². The number of carbonyl (C=O) groups is 1. The lowest BCUT2D eigenvalue weighted by Gasteiger charge is -2.17. The number of hydrogen-bond acceptors (Lipinski definition) is 5. The number of anilines is 1. The number of hydrogen-bond donors (Lipinski definition) is 3. The van der Waals surface area contributed by atoms with Crippen molar-refractivity contribution in [1.82, 2.24) is 10.3 Å². The Morgan fingerprint density at radius 1 is 0.939 bits per heavy atom. The zero-order valence-corrected chi connectivity index (χ0v) is 18.5. The van der Waals surface area contributed by atoms with Crippen molar-refractivity contribution in [3.63, 3.8) is 0 Å². The predicted octanol–water partition coefficient (Wildman–Crippen LogP) is 3.37. The second-order valence-corrected chi connectivity index (χ2v) is 9.21. The number of pyridine rings is 1. The van der Waals surface area contributed by atoms with Crippen LogP contribution in [-0.4, -0.2) is 37.1 Å². The van der Waals surface area contributed by atoms with Gasteiger partial charge in [-0.1, -0.05) is 54.6 Å². The first kappa shape index (κ1) is 22.4. The number of fused-ring (bicyclic) bond motifs is 1. The number of nitrogens with one attached hydrogen (secondary N) is 2. The van der Waals surface area contributed by atoms with Gasteiger partial charge in [0.15, 0.2) is 0 Å². The maximum atomic E-state index is 13.0. The topological polar surface area (TPSA) is 108 Å². The Balaban J connectivity index is 1.52. The molecular weight excluding hydrogens is 438 g/mol. The summed E-state index contributed by atoms with van der Waals surface area (Å²) in [4.78, 5) is 17.0. The van der Waals surface area contributed by atoms with Gasteiger partial charge in [0, 0.05) is 22.8 Å². The van der Waals surface area contributed by atoms with Gasteiger partial charge in [-0.3, -0.25) is 14.5 Å². The van der Waals surface area contributed by atoms with E-state index in [1.54, 1.807) is 48.7 Å². The minimum absolute atomic E-state index is 0.0543. The maximum absolute atomic E-state index is 13.0. The van der Waals surface area contributed by atoms with Crippen molar-refractivity contribution in [2.24, 2.45) is 0 Å². The molecule has 168 valence electrons. The number of aliphatic hydroxyl groups is 1. The fraction of sp³-hybridized carbons (Fsp3) is 0.120. The SMILES string of the molecule is O=C(NC(CO)Cc1ccccc1)c1cccc(NS(=O)(=O)c2cccc3cccnc23)c1. The molecule has 33 heavy (non-hydrogen) atoms. The van der Waals surface area contributed by atoms with Crippen LogP contribution in [0.1, 0.15) is 15.9 Å². The zero-order valence-electron chi connectivity index (χ0n) is 17.7. The molecule has 0 spiro atoms. The number of nitrogens with zero attached hydrogens (tertiary/aromatic N) is 1. The summed E-state index contributed by atoms with van der Waals surface area (Å²) in [6.07, 6.45) is 2.02.